The van der Waals surface area contributed by atoms with E-state index in [-0.39, 0.29) is 16.3 Å². The number of nitrogens with zero attached hydrogens (tertiary/aromatic N) is 3. The number of hydrogen-bond donors (Lipinski definition) is 4. The Labute approximate surface area is 199 Å². The highest BCUT2D eigenvalue weighted by molar-refractivity contribution is 7.92. The summed E-state index contributed by atoms with van der Waals surface area (Å²) in [5.74, 6) is -0.909. The van der Waals surface area contributed by atoms with Crippen LogP contribution in [0.25, 0.3) is 11.3 Å². The lowest BCUT2D eigenvalue weighted by Crippen LogP contribution is -2.58. The van der Waals surface area contributed by atoms with E-state index in [4.69, 9.17) is 4.74 Å². The standard InChI is InChI=1S/C22H23FN4O7S/c1-12(29)24-15-6-3-7-16(9-15)35(32,33)22-21(31)19(20(30)18(11-28)34-22)27-10-17(25-26-27)13-4-2-5-14(23)8-13/h2-10,18-22,28,30-31H,11H2,1H3,(H,24,29)/t18-,19+,20+,21-,22?/m1/s1. The molecule has 5 atom stereocenters. The van der Waals surface area contributed by atoms with Gasteiger partial charge in [0.25, 0.3) is 0 Å². The highest BCUT2D eigenvalue weighted by Gasteiger charge is 2.51. The van der Waals surface area contributed by atoms with Gasteiger partial charge in [0.05, 0.1) is 17.7 Å². The van der Waals surface area contributed by atoms with E-state index in [1.54, 1.807) is 6.07 Å². The van der Waals surface area contributed by atoms with E-state index >= 15 is 0 Å². The van der Waals surface area contributed by atoms with Gasteiger partial charge in [0.1, 0.15) is 35.9 Å². The quantitative estimate of drug-likeness (QED) is 0.373. The van der Waals surface area contributed by atoms with Crippen LogP contribution in [0.2, 0.25) is 0 Å². The summed E-state index contributed by atoms with van der Waals surface area (Å²) in [5, 5.41) is 41.8. The van der Waals surface area contributed by atoms with Gasteiger partial charge in [0.2, 0.25) is 15.7 Å². The van der Waals surface area contributed by atoms with Gasteiger partial charge in [-0.25, -0.2) is 17.5 Å². The molecule has 0 bridgehead atoms. The second kappa shape index (κ2) is 9.79. The van der Waals surface area contributed by atoms with Crippen molar-refractivity contribution < 1.29 is 37.7 Å². The van der Waals surface area contributed by atoms with Crippen LogP contribution in [0.3, 0.4) is 0 Å². The molecule has 0 radical (unpaired) electrons. The summed E-state index contributed by atoms with van der Waals surface area (Å²) in [5.41, 5.74) is -1.07. The summed E-state index contributed by atoms with van der Waals surface area (Å²) in [6, 6.07) is 9.53. The molecule has 4 N–H and O–H groups in total. The molecule has 0 aliphatic carbocycles. The summed E-state index contributed by atoms with van der Waals surface area (Å²) in [6.07, 6.45) is -3.42. The normalized spacial score (nSPS) is 24.8. The maximum Gasteiger partial charge on any atom is 0.221 e. The van der Waals surface area contributed by atoms with Crippen molar-refractivity contribution >= 4 is 21.4 Å². The summed E-state index contributed by atoms with van der Waals surface area (Å²) in [4.78, 5) is 11.1. The van der Waals surface area contributed by atoms with Crippen LogP contribution in [0.5, 0.6) is 0 Å². The van der Waals surface area contributed by atoms with Crippen molar-refractivity contribution in [3.8, 4) is 11.3 Å². The van der Waals surface area contributed by atoms with E-state index in [0.29, 0.717) is 5.56 Å². The van der Waals surface area contributed by atoms with Gasteiger partial charge >= 0.3 is 0 Å². The van der Waals surface area contributed by atoms with Crippen molar-refractivity contribution in [2.75, 3.05) is 11.9 Å². The van der Waals surface area contributed by atoms with E-state index in [0.717, 1.165) is 4.68 Å². The zero-order chi connectivity index (χ0) is 25.3. The van der Waals surface area contributed by atoms with Gasteiger partial charge < -0.3 is 25.4 Å². The molecule has 1 unspecified atom stereocenters. The first-order chi connectivity index (χ1) is 16.6. The lowest BCUT2D eigenvalue weighted by molar-refractivity contribution is -0.180. The third-order valence-electron chi connectivity index (χ3n) is 5.57. The van der Waals surface area contributed by atoms with Gasteiger partial charge in [-0.15, -0.1) is 5.10 Å². The summed E-state index contributed by atoms with van der Waals surface area (Å²) in [7, 11) is -4.38. The summed E-state index contributed by atoms with van der Waals surface area (Å²) in [6.45, 7) is 0.525. The van der Waals surface area contributed by atoms with Gasteiger partial charge in [-0.2, -0.15) is 0 Å². The molecule has 1 fully saturated rings. The van der Waals surface area contributed by atoms with Gasteiger partial charge in [-0.05, 0) is 30.3 Å². The molecule has 1 aliphatic heterocycles. The number of nitrogens with one attached hydrogen (secondary N) is 1. The fraction of sp³-hybridized carbons (Fsp3) is 0.318. The number of carbonyl (C=O) groups is 1. The first-order valence-electron chi connectivity index (χ1n) is 10.5. The third-order valence-corrected chi connectivity index (χ3v) is 7.49. The number of aliphatic hydroxyl groups is 3. The average Bonchev–Trinajstić information content (AvgIpc) is 3.29. The Hall–Kier alpha value is -3.23. The largest absolute Gasteiger partial charge is 0.394 e. The van der Waals surface area contributed by atoms with Gasteiger partial charge in [0, 0.05) is 18.2 Å². The van der Waals surface area contributed by atoms with Crippen LogP contribution in [0.4, 0.5) is 10.1 Å². The molecule has 3 aromatic rings. The third kappa shape index (κ3) is 4.94. The molecule has 13 heteroatoms. The lowest BCUT2D eigenvalue weighted by Gasteiger charge is -2.41. The molecule has 4 rings (SSSR count). The molecule has 1 saturated heterocycles. The molecular formula is C22H23FN4O7S. The Morgan fingerprint density at radius 1 is 1.17 bits per heavy atom. The Morgan fingerprint density at radius 2 is 1.91 bits per heavy atom. The van der Waals surface area contributed by atoms with Crippen LogP contribution in [0, 0.1) is 5.82 Å². The molecule has 1 aromatic heterocycles. The van der Waals surface area contributed by atoms with E-state index in [9.17, 15) is 32.9 Å². The number of ether oxygens (including phenoxy) is 1. The first kappa shape index (κ1) is 24.9. The molecule has 35 heavy (non-hydrogen) atoms. The monoisotopic (exact) mass is 506 g/mol. The van der Waals surface area contributed by atoms with Crippen LogP contribution in [0.15, 0.2) is 59.6 Å². The molecule has 1 aliphatic rings. The molecule has 186 valence electrons. The predicted molar refractivity (Wildman–Crippen MR) is 120 cm³/mol. The average molecular weight is 507 g/mol. The van der Waals surface area contributed by atoms with Crippen LogP contribution in [0.1, 0.15) is 13.0 Å². The van der Waals surface area contributed by atoms with E-state index in [2.05, 4.69) is 15.6 Å². The smallest absolute Gasteiger partial charge is 0.221 e. The van der Waals surface area contributed by atoms with E-state index in [1.165, 1.54) is 55.6 Å². The highest BCUT2D eigenvalue weighted by atomic mass is 32.2. The second-order valence-corrected chi connectivity index (χ2v) is 10.1. The second-order valence-electron chi connectivity index (χ2n) is 8.05. The maximum absolute atomic E-state index is 13.6. The molecule has 0 saturated carbocycles. The summed E-state index contributed by atoms with van der Waals surface area (Å²) < 4.78 is 46.9. The number of aliphatic hydroxyl groups excluding tert-OH is 3. The lowest BCUT2D eigenvalue weighted by atomic mass is 9.97. The number of aromatic nitrogens is 3. The number of carbonyl (C=O) groups excluding carboxylic acids is 1. The maximum atomic E-state index is 13.6. The van der Waals surface area contributed by atoms with Crippen LogP contribution in [-0.4, -0.2) is 75.0 Å². The number of halogens is 1. The van der Waals surface area contributed by atoms with Gasteiger partial charge in [0.15, 0.2) is 5.44 Å². The topological polar surface area (TPSA) is 164 Å². The SMILES string of the molecule is CC(=O)Nc1cccc(S(=O)(=O)C2O[C@H](CO)[C@H](O)[C@H](n3cc(-c4cccc(F)c4)nn3)[C@H]2O)c1. The Kier molecular flexibility index (Phi) is 6.96. The Balaban J connectivity index is 1.70. The zero-order valence-electron chi connectivity index (χ0n) is 18.4. The Morgan fingerprint density at radius 3 is 2.60 bits per heavy atom. The van der Waals surface area contributed by atoms with E-state index in [1.807, 2.05) is 0 Å². The highest BCUT2D eigenvalue weighted by Crippen LogP contribution is 2.35. The Bertz CT molecular complexity index is 1330. The molecule has 1 amide bonds. The first-order valence-corrected chi connectivity index (χ1v) is 12.1. The molecular weight excluding hydrogens is 483 g/mol. The number of hydrogen-bond acceptors (Lipinski definition) is 9. The number of benzene rings is 2. The molecule has 11 nitrogen and oxygen atoms in total. The van der Waals surface area contributed by atoms with Crippen molar-refractivity contribution in [1.29, 1.82) is 0 Å². The van der Waals surface area contributed by atoms with Crippen molar-refractivity contribution in [2.45, 2.75) is 41.6 Å². The number of rotatable bonds is 6. The van der Waals surface area contributed by atoms with E-state index < -0.39 is 58.0 Å². The van der Waals surface area contributed by atoms with Gasteiger partial charge in [-0.3, -0.25) is 4.79 Å². The predicted octanol–water partition coefficient (Wildman–Crippen LogP) is 0.497. The fourth-order valence-corrected chi connectivity index (χ4v) is 5.57. The number of anilines is 1. The van der Waals surface area contributed by atoms with Crippen molar-refractivity contribution in [3.05, 3.63) is 60.5 Å². The molecule has 2 aromatic carbocycles. The molecule has 0 spiro atoms. The minimum Gasteiger partial charge on any atom is -0.394 e. The van der Waals surface area contributed by atoms with Crippen LogP contribution >= 0.6 is 0 Å². The molecule has 2 heterocycles. The van der Waals surface area contributed by atoms with Crippen molar-refractivity contribution in [2.24, 2.45) is 0 Å². The summed E-state index contributed by atoms with van der Waals surface area (Å²) >= 11 is 0. The van der Waals surface area contributed by atoms with Crippen molar-refractivity contribution in [3.63, 3.8) is 0 Å². The minimum atomic E-state index is -4.38. The fourth-order valence-electron chi connectivity index (χ4n) is 3.93. The number of amides is 1. The van der Waals surface area contributed by atoms with Crippen molar-refractivity contribution in [1.82, 2.24) is 15.0 Å². The van der Waals surface area contributed by atoms with Gasteiger partial charge in [-0.1, -0.05) is 23.4 Å². The van der Waals surface area contributed by atoms with Crippen LogP contribution in [-0.2, 0) is 19.4 Å². The van der Waals surface area contributed by atoms with Crippen LogP contribution < -0.4 is 5.32 Å². The number of sulfone groups is 1. The minimum absolute atomic E-state index is 0.218. The zero-order valence-corrected chi connectivity index (χ0v) is 19.2.